The number of carbonyl (C=O) groups is 1. The van der Waals surface area contributed by atoms with Crippen LogP contribution in [-0.2, 0) is 14.9 Å². The number of likely N-dealkylation sites (N-methyl/N-ethyl adjacent to an activating group) is 1. The zero-order valence-electron chi connectivity index (χ0n) is 15.3. The first-order valence-corrected chi connectivity index (χ1v) is 10.0. The minimum absolute atomic E-state index is 0.128. The molecule has 0 aromatic heterocycles. The molecular formula is C23H22BrNO2. The second kappa shape index (κ2) is 7.45. The van der Waals surface area contributed by atoms with Crippen molar-refractivity contribution in [3.63, 3.8) is 0 Å². The van der Waals surface area contributed by atoms with Gasteiger partial charge in [-0.3, -0.25) is 4.79 Å². The van der Waals surface area contributed by atoms with E-state index in [1.54, 1.807) is 4.90 Å². The van der Waals surface area contributed by atoms with Gasteiger partial charge >= 0.3 is 0 Å². The maximum Gasteiger partial charge on any atom is 0.237 e. The van der Waals surface area contributed by atoms with Gasteiger partial charge in [0, 0.05) is 30.4 Å². The molecule has 138 valence electrons. The Labute approximate surface area is 168 Å². The van der Waals surface area contributed by atoms with Crippen LogP contribution in [-0.4, -0.2) is 26.2 Å². The molecule has 1 fully saturated rings. The van der Waals surface area contributed by atoms with Crippen molar-refractivity contribution in [3.05, 3.63) is 76.8 Å². The van der Waals surface area contributed by atoms with Gasteiger partial charge in [0.2, 0.25) is 5.91 Å². The number of hydrogen-bond acceptors (Lipinski definition) is 2. The van der Waals surface area contributed by atoms with Gasteiger partial charge in [-0.2, -0.15) is 0 Å². The van der Waals surface area contributed by atoms with E-state index in [4.69, 9.17) is 4.74 Å². The van der Waals surface area contributed by atoms with Gasteiger partial charge in [0.1, 0.15) is 0 Å². The molecule has 1 heterocycles. The van der Waals surface area contributed by atoms with Gasteiger partial charge < -0.3 is 9.64 Å². The molecule has 0 bridgehead atoms. The van der Waals surface area contributed by atoms with Crippen molar-refractivity contribution in [2.75, 3.05) is 25.2 Å². The number of halogens is 1. The van der Waals surface area contributed by atoms with Crippen LogP contribution in [0.25, 0.3) is 10.8 Å². The molecule has 1 aliphatic heterocycles. The summed E-state index contributed by atoms with van der Waals surface area (Å²) in [5, 5.41) is 2.31. The first-order valence-electron chi connectivity index (χ1n) is 9.21. The van der Waals surface area contributed by atoms with Crippen LogP contribution in [0.4, 0.5) is 5.69 Å². The van der Waals surface area contributed by atoms with Gasteiger partial charge in [-0.15, -0.1) is 0 Å². The van der Waals surface area contributed by atoms with E-state index < -0.39 is 5.41 Å². The number of anilines is 1. The summed E-state index contributed by atoms with van der Waals surface area (Å²) in [6.45, 7) is 1.21. The van der Waals surface area contributed by atoms with Gasteiger partial charge in [-0.1, -0.05) is 58.4 Å². The van der Waals surface area contributed by atoms with Crippen LogP contribution in [0.15, 0.2) is 71.2 Å². The fourth-order valence-corrected chi connectivity index (χ4v) is 4.20. The van der Waals surface area contributed by atoms with E-state index in [2.05, 4.69) is 52.3 Å². The van der Waals surface area contributed by atoms with Crippen LogP contribution < -0.4 is 4.90 Å². The monoisotopic (exact) mass is 423 g/mol. The van der Waals surface area contributed by atoms with Crippen molar-refractivity contribution in [2.45, 2.75) is 18.3 Å². The lowest BCUT2D eigenvalue weighted by atomic mass is 9.73. The third-order valence-electron chi connectivity index (χ3n) is 5.58. The first-order chi connectivity index (χ1) is 13.1. The van der Waals surface area contributed by atoms with Crippen molar-refractivity contribution < 1.29 is 9.53 Å². The second-order valence-corrected chi connectivity index (χ2v) is 8.01. The summed E-state index contributed by atoms with van der Waals surface area (Å²) in [7, 11) is 1.88. The summed E-state index contributed by atoms with van der Waals surface area (Å²) in [6, 6.07) is 22.5. The Hall–Kier alpha value is -2.17. The van der Waals surface area contributed by atoms with Crippen LogP contribution in [0, 0.1) is 0 Å². The third-order valence-corrected chi connectivity index (χ3v) is 6.11. The largest absolute Gasteiger partial charge is 0.381 e. The number of ether oxygens (including phenoxy) is 1. The molecule has 3 aromatic rings. The summed E-state index contributed by atoms with van der Waals surface area (Å²) in [5.74, 6) is 0.128. The molecule has 3 nitrogen and oxygen atoms in total. The van der Waals surface area contributed by atoms with Crippen LogP contribution in [0.1, 0.15) is 18.4 Å². The highest BCUT2D eigenvalue weighted by Gasteiger charge is 2.43. The van der Waals surface area contributed by atoms with Crippen molar-refractivity contribution in [1.29, 1.82) is 0 Å². The highest BCUT2D eigenvalue weighted by molar-refractivity contribution is 9.10. The maximum absolute atomic E-state index is 13.7. The van der Waals surface area contributed by atoms with E-state index in [9.17, 15) is 4.79 Å². The molecule has 0 unspecified atom stereocenters. The van der Waals surface area contributed by atoms with Crippen LogP contribution in [0.3, 0.4) is 0 Å². The number of rotatable bonds is 3. The average molecular weight is 424 g/mol. The Morgan fingerprint density at radius 3 is 2.33 bits per heavy atom. The Morgan fingerprint density at radius 1 is 0.963 bits per heavy atom. The van der Waals surface area contributed by atoms with Crippen molar-refractivity contribution in [3.8, 4) is 0 Å². The fourth-order valence-electron chi connectivity index (χ4n) is 3.94. The average Bonchev–Trinajstić information content (AvgIpc) is 2.73. The van der Waals surface area contributed by atoms with E-state index in [-0.39, 0.29) is 5.91 Å². The molecule has 4 heteroatoms. The molecule has 4 rings (SSSR count). The van der Waals surface area contributed by atoms with Gasteiger partial charge in [0.15, 0.2) is 0 Å². The molecular weight excluding hydrogens is 402 g/mol. The van der Waals surface area contributed by atoms with Crippen molar-refractivity contribution in [1.82, 2.24) is 0 Å². The zero-order valence-corrected chi connectivity index (χ0v) is 16.9. The molecule has 1 amide bonds. The highest BCUT2D eigenvalue weighted by atomic mass is 79.9. The van der Waals surface area contributed by atoms with Gasteiger partial charge in [-0.25, -0.2) is 0 Å². The number of nitrogens with zero attached hydrogens (tertiary/aromatic N) is 1. The molecule has 0 N–H and O–H groups in total. The van der Waals surface area contributed by atoms with Gasteiger partial charge in [-0.05, 0) is 53.4 Å². The van der Waals surface area contributed by atoms with Crippen LogP contribution >= 0.6 is 15.9 Å². The van der Waals surface area contributed by atoms with Gasteiger partial charge in [0.25, 0.3) is 0 Å². The molecule has 0 radical (unpaired) electrons. The highest BCUT2D eigenvalue weighted by Crippen LogP contribution is 2.38. The molecule has 0 saturated carbocycles. The molecule has 0 spiro atoms. The molecule has 1 saturated heterocycles. The van der Waals surface area contributed by atoms with E-state index >= 15 is 0 Å². The normalized spacial score (nSPS) is 16.2. The molecule has 0 aliphatic carbocycles. The quantitative estimate of drug-likeness (QED) is 0.570. The van der Waals surface area contributed by atoms with E-state index in [0.29, 0.717) is 26.1 Å². The number of carbonyl (C=O) groups excluding carboxylic acids is 1. The summed E-state index contributed by atoms with van der Waals surface area (Å²) >= 11 is 3.49. The lowest BCUT2D eigenvalue weighted by Crippen LogP contribution is -2.48. The summed E-state index contributed by atoms with van der Waals surface area (Å²) in [4.78, 5) is 15.5. The predicted octanol–water partition coefficient (Wildman–Crippen LogP) is 5.31. The number of hydrogen-bond donors (Lipinski definition) is 0. The molecule has 1 aliphatic rings. The smallest absolute Gasteiger partial charge is 0.237 e. The topological polar surface area (TPSA) is 29.5 Å². The maximum atomic E-state index is 13.7. The zero-order chi connectivity index (χ0) is 18.9. The van der Waals surface area contributed by atoms with E-state index in [1.165, 1.54) is 5.39 Å². The summed E-state index contributed by atoms with van der Waals surface area (Å²) in [5.41, 5.74) is 1.44. The van der Waals surface area contributed by atoms with Gasteiger partial charge in [0.05, 0.1) is 5.41 Å². The Kier molecular flexibility index (Phi) is 5.02. The second-order valence-electron chi connectivity index (χ2n) is 7.10. The van der Waals surface area contributed by atoms with E-state index in [1.807, 2.05) is 37.4 Å². The summed E-state index contributed by atoms with van der Waals surface area (Å²) < 4.78 is 6.60. The molecule has 0 atom stereocenters. The van der Waals surface area contributed by atoms with Crippen LogP contribution in [0.2, 0.25) is 0 Å². The van der Waals surface area contributed by atoms with E-state index in [0.717, 1.165) is 21.1 Å². The minimum Gasteiger partial charge on any atom is -0.381 e. The lowest BCUT2D eigenvalue weighted by molar-refractivity contribution is -0.127. The molecule has 27 heavy (non-hydrogen) atoms. The van der Waals surface area contributed by atoms with Crippen molar-refractivity contribution in [2.24, 2.45) is 0 Å². The SMILES string of the molecule is CN(C(=O)C1(c2ccc(Br)cc2)CCOCC1)c1ccc2ccccc2c1. The number of benzene rings is 3. The Bertz CT molecular complexity index is 962. The predicted molar refractivity (Wildman–Crippen MR) is 113 cm³/mol. The number of fused-ring (bicyclic) bond motifs is 1. The van der Waals surface area contributed by atoms with Crippen LogP contribution in [0.5, 0.6) is 0 Å². The Morgan fingerprint density at radius 2 is 1.63 bits per heavy atom. The Balaban J connectivity index is 1.72. The number of amides is 1. The third kappa shape index (κ3) is 3.40. The minimum atomic E-state index is -0.542. The lowest BCUT2D eigenvalue weighted by Gasteiger charge is -2.39. The first kappa shape index (κ1) is 18.2. The standard InChI is InChI=1S/C23H22BrNO2/c1-25(21-11-6-17-4-2-3-5-18(17)16-21)22(26)23(12-14-27-15-13-23)19-7-9-20(24)10-8-19/h2-11,16H,12-15H2,1H3. The van der Waals surface area contributed by atoms with Crippen molar-refractivity contribution >= 4 is 38.3 Å². The molecule has 3 aromatic carbocycles. The fraction of sp³-hybridized carbons (Fsp3) is 0.261. The summed E-state index contributed by atoms with van der Waals surface area (Å²) in [6.07, 6.45) is 1.40.